The number of oxime groups is 1. The normalized spacial score (nSPS) is 23.9. The van der Waals surface area contributed by atoms with Gasteiger partial charge in [-0.3, -0.25) is 0 Å². The highest BCUT2D eigenvalue weighted by Gasteiger charge is 2.39. The summed E-state index contributed by atoms with van der Waals surface area (Å²) in [5.74, 6) is 0.265. The zero-order chi connectivity index (χ0) is 14.6. The molecule has 0 atom stereocenters. The number of nitrogens with one attached hydrogen (secondary N) is 1. The SMILES string of the molecule is CSC1(C(N)=NO)CCN(C(=O)NC2CCCC2)CC1. The van der Waals surface area contributed by atoms with Crippen molar-refractivity contribution in [3.8, 4) is 0 Å². The summed E-state index contributed by atoms with van der Waals surface area (Å²) in [7, 11) is 0. The third-order valence-electron chi connectivity index (χ3n) is 4.51. The van der Waals surface area contributed by atoms with Crippen LogP contribution in [0, 0.1) is 0 Å². The monoisotopic (exact) mass is 300 g/mol. The van der Waals surface area contributed by atoms with Crippen LogP contribution in [0.25, 0.3) is 0 Å². The number of hydrogen-bond acceptors (Lipinski definition) is 4. The van der Waals surface area contributed by atoms with Gasteiger partial charge in [0.1, 0.15) is 0 Å². The molecule has 6 nitrogen and oxygen atoms in total. The van der Waals surface area contributed by atoms with E-state index in [2.05, 4.69) is 10.5 Å². The Morgan fingerprint density at radius 3 is 2.50 bits per heavy atom. The van der Waals surface area contributed by atoms with E-state index in [-0.39, 0.29) is 16.6 Å². The number of carbonyl (C=O) groups excluding carboxylic acids is 1. The van der Waals surface area contributed by atoms with Gasteiger partial charge in [0, 0.05) is 19.1 Å². The summed E-state index contributed by atoms with van der Waals surface area (Å²) in [6.45, 7) is 1.30. The van der Waals surface area contributed by atoms with Crippen molar-refractivity contribution in [3.63, 3.8) is 0 Å². The van der Waals surface area contributed by atoms with E-state index in [1.807, 2.05) is 11.2 Å². The van der Waals surface area contributed by atoms with Gasteiger partial charge in [-0.1, -0.05) is 18.0 Å². The topological polar surface area (TPSA) is 91.0 Å². The number of thioether (sulfide) groups is 1. The molecule has 1 aliphatic carbocycles. The number of amides is 2. The van der Waals surface area contributed by atoms with Crippen LogP contribution in [0.2, 0.25) is 0 Å². The minimum Gasteiger partial charge on any atom is -0.409 e. The summed E-state index contributed by atoms with van der Waals surface area (Å²) < 4.78 is -0.334. The van der Waals surface area contributed by atoms with E-state index >= 15 is 0 Å². The van der Waals surface area contributed by atoms with Gasteiger partial charge in [-0.15, -0.1) is 0 Å². The number of hydrogen-bond donors (Lipinski definition) is 3. The maximum absolute atomic E-state index is 12.2. The lowest BCUT2D eigenvalue weighted by Crippen LogP contribution is -2.54. The van der Waals surface area contributed by atoms with Crippen LogP contribution in [0.3, 0.4) is 0 Å². The van der Waals surface area contributed by atoms with Gasteiger partial charge in [0.05, 0.1) is 4.75 Å². The van der Waals surface area contributed by atoms with Gasteiger partial charge in [-0.2, -0.15) is 11.8 Å². The van der Waals surface area contributed by atoms with Gasteiger partial charge < -0.3 is 21.2 Å². The van der Waals surface area contributed by atoms with E-state index in [1.54, 1.807) is 11.8 Å². The summed E-state index contributed by atoms with van der Waals surface area (Å²) in [4.78, 5) is 14.0. The quantitative estimate of drug-likeness (QED) is 0.319. The molecule has 0 aromatic carbocycles. The van der Waals surface area contributed by atoms with Crippen molar-refractivity contribution in [1.29, 1.82) is 0 Å². The Balaban J connectivity index is 1.88. The second kappa shape index (κ2) is 6.56. The van der Waals surface area contributed by atoms with Crippen molar-refractivity contribution in [3.05, 3.63) is 0 Å². The molecule has 20 heavy (non-hydrogen) atoms. The Morgan fingerprint density at radius 2 is 2.00 bits per heavy atom. The van der Waals surface area contributed by atoms with Gasteiger partial charge in [0.15, 0.2) is 5.84 Å². The predicted molar refractivity (Wildman–Crippen MR) is 81.2 cm³/mol. The van der Waals surface area contributed by atoms with Gasteiger partial charge in [0.25, 0.3) is 0 Å². The van der Waals surface area contributed by atoms with Crippen LogP contribution in [0.15, 0.2) is 5.16 Å². The summed E-state index contributed by atoms with van der Waals surface area (Å²) in [6.07, 6.45) is 8.03. The van der Waals surface area contributed by atoms with E-state index in [9.17, 15) is 4.79 Å². The third-order valence-corrected chi connectivity index (χ3v) is 5.91. The molecule has 0 spiro atoms. The fourth-order valence-corrected chi connectivity index (χ4v) is 3.90. The van der Waals surface area contributed by atoms with Crippen LogP contribution in [0.4, 0.5) is 4.79 Å². The van der Waals surface area contributed by atoms with E-state index in [0.717, 1.165) is 25.7 Å². The Labute approximate surface area is 124 Å². The Bertz CT molecular complexity index is 375. The molecule has 2 fully saturated rings. The third kappa shape index (κ3) is 3.13. The van der Waals surface area contributed by atoms with Gasteiger partial charge >= 0.3 is 6.03 Å². The number of urea groups is 1. The summed E-state index contributed by atoms with van der Waals surface area (Å²) in [6, 6.07) is 0.380. The fourth-order valence-electron chi connectivity index (χ4n) is 3.06. The molecule has 114 valence electrons. The Hall–Kier alpha value is -1.11. The van der Waals surface area contributed by atoms with Gasteiger partial charge in [-0.25, -0.2) is 4.79 Å². The van der Waals surface area contributed by atoms with E-state index in [0.29, 0.717) is 19.1 Å². The number of piperidine rings is 1. The number of likely N-dealkylation sites (tertiary alicyclic amines) is 1. The lowest BCUT2D eigenvalue weighted by atomic mass is 9.94. The predicted octanol–water partition coefficient (Wildman–Crippen LogP) is 1.58. The van der Waals surface area contributed by atoms with E-state index in [1.165, 1.54) is 12.8 Å². The second-order valence-electron chi connectivity index (χ2n) is 5.60. The molecule has 7 heteroatoms. The summed E-state index contributed by atoms with van der Waals surface area (Å²) >= 11 is 1.60. The molecule has 2 aliphatic rings. The first-order valence-electron chi connectivity index (χ1n) is 7.20. The van der Waals surface area contributed by atoms with Crippen molar-refractivity contribution in [2.45, 2.75) is 49.3 Å². The van der Waals surface area contributed by atoms with Crippen LogP contribution in [-0.4, -0.2) is 52.1 Å². The number of carbonyl (C=O) groups is 1. The highest BCUT2D eigenvalue weighted by atomic mass is 32.2. The van der Waals surface area contributed by atoms with Crippen molar-refractivity contribution in [2.75, 3.05) is 19.3 Å². The zero-order valence-corrected chi connectivity index (χ0v) is 12.8. The first-order chi connectivity index (χ1) is 9.61. The first kappa shape index (κ1) is 15.3. The number of rotatable bonds is 3. The van der Waals surface area contributed by atoms with Gasteiger partial charge in [0.2, 0.25) is 0 Å². The van der Waals surface area contributed by atoms with Crippen LogP contribution < -0.4 is 11.1 Å². The molecule has 2 rings (SSSR count). The molecule has 1 saturated carbocycles. The highest BCUT2D eigenvalue weighted by molar-refractivity contribution is 8.00. The highest BCUT2D eigenvalue weighted by Crippen LogP contribution is 2.34. The van der Waals surface area contributed by atoms with Crippen LogP contribution >= 0.6 is 11.8 Å². The Kier molecular flexibility index (Phi) is 5.01. The molecule has 0 radical (unpaired) electrons. The van der Waals surface area contributed by atoms with Crippen LogP contribution in [-0.2, 0) is 0 Å². The lowest BCUT2D eigenvalue weighted by molar-refractivity contribution is 0.179. The molecule has 0 aromatic heterocycles. The smallest absolute Gasteiger partial charge is 0.317 e. The molecule has 4 N–H and O–H groups in total. The number of amidine groups is 1. The first-order valence-corrected chi connectivity index (χ1v) is 8.42. The standard InChI is InChI=1S/C13H24N4O2S/c1-20-13(11(14)16-19)6-8-17(9-7-13)12(18)15-10-4-2-3-5-10/h10,19H,2-9H2,1H3,(H2,14,16)(H,15,18). The molecular formula is C13H24N4O2S. The second-order valence-corrected chi connectivity index (χ2v) is 6.79. The molecule has 1 heterocycles. The zero-order valence-electron chi connectivity index (χ0n) is 12.0. The molecule has 2 amide bonds. The van der Waals surface area contributed by atoms with E-state index < -0.39 is 0 Å². The van der Waals surface area contributed by atoms with Crippen molar-refractivity contribution in [2.24, 2.45) is 10.9 Å². The van der Waals surface area contributed by atoms with Crippen molar-refractivity contribution in [1.82, 2.24) is 10.2 Å². The summed E-state index contributed by atoms with van der Waals surface area (Å²) in [5.41, 5.74) is 5.81. The number of nitrogens with two attached hydrogens (primary N) is 1. The average molecular weight is 300 g/mol. The van der Waals surface area contributed by atoms with Gasteiger partial charge in [-0.05, 0) is 31.9 Å². The van der Waals surface area contributed by atoms with E-state index in [4.69, 9.17) is 10.9 Å². The van der Waals surface area contributed by atoms with Crippen LogP contribution in [0.1, 0.15) is 38.5 Å². The minimum atomic E-state index is -0.334. The number of nitrogens with zero attached hydrogens (tertiary/aromatic N) is 2. The summed E-state index contributed by atoms with van der Waals surface area (Å²) in [5, 5.41) is 15.2. The minimum absolute atomic E-state index is 0.0334. The molecule has 0 bridgehead atoms. The average Bonchev–Trinajstić information content (AvgIpc) is 2.99. The molecule has 0 aromatic rings. The lowest BCUT2D eigenvalue weighted by Gasteiger charge is -2.39. The van der Waals surface area contributed by atoms with Crippen LogP contribution in [0.5, 0.6) is 0 Å². The maximum atomic E-state index is 12.2. The van der Waals surface area contributed by atoms with Crippen molar-refractivity contribution >= 4 is 23.6 Å². The molecule has 1 saturated heterocycles. The molecule has 1 aliphatic heterocycles. The largest absolute Gasteiger partial charge is 0.409 e. The molecular weight excluding hydrogens is 276 g/mol. The molecule has 0 unspecified atom stereocenters. The maximum Gasteiger partial charge on any atom is 0.317 e. The Morgan fingerprint density at radius 1 is 1.40 bits per heavy atom. The fraction of sp³-hybridized carbons (Fsp3) is 0.846. The van der Waals surface area contributed by atoms with Crippen molar-refractivity contribution < 1.29 is 10.0 Å².